The third-order valence-corrected chi connectivity index (χ3v) is 0.333. The summed E-state index contributed by atoms with van der Waals surface area (Å²) in [5, 5.41) is 0. The first-order valence-electron chi connectivity index (χ1n) is 1.49. The van der Waals surface area contributed by atoms with Gasteiger partial charge in [-0.1, -0.05) is 41.9 Å². The maximum Gasteiger partial charge on any atom is -0.0470 e. The van der Waals surface area contributed by atoms with Gasteiger partial charge in [-0.2, -0.15) is 0 Å². The summed E-state index contributed by atoms with van der Waals surface area (Å²) in [6, 6.07) is 0. The second-order valence-electron chi connectivity index (χ2n) is 0.667. The van der Waals surface area contributed by atoms with E-state index >= 15 is 0 Å². The van der Waals surface area contributed by atoms with Crippen LogP contribution < -0.4 is 0 Å². The molecule has 0 saturated carbocycles. The van der Waals surface area contributed by atoms with Gasteiger partial charge in [0.15, 0.2) is 0 Å². The van der Waals surface area contributed by atoms with Gasteiger partial charge >= 0.3 is 0 Å². The largest absolute Gasteiger partial charge is 0.0919 e. The van der Waals surface area contributed by atoms with E-state index in [1.165, 1.54) is 0 Å². The van der Waals surface area contributed by atoms with Gasteiger partial charge < -0.3 is 0 Å². The van der Waals surface area contributed by atoms with E-state index in [1.807, 2.05) is 26.0 Å². The molecule has 0 nitrogen and oxygen atoms in total. The molecule has 0 bridgehead atoms. The topological polar surface area (TPSA) is 0 Å². The van der Waals surface area contributed by atoms with Crippen LogP contribution in [0.5, 0.6) is 0 Å². The molecule has 0 aromatic rings. The SMILES string of the molecule is C.C.C.C.CC=CC. The molecule has 0 amide bonds. The Kier molecular flexibility index (Phi) is 429. The second-order valence-corrected chi connectivity index (χ2v) is 0.667. The van der Waals surface area contributed by atoms with Gasteiger partial charge in [0.05, 0.1) is 0 Å². The fourth-order valence-electron chi connectivity index (χ4n) is 0. The lowest BCUT2D eigenvalue weighted by atomic mass is 10.6. The van der Waals surface area contributed by atoms with Crippen LogP contribution in [-0.2, 0) is 0 Å². The summed E-state index contributed by atoms with van der Waals surface area (Å²) in [5.41, 5.74) is 0. The maximum absolute atomic E-state index is 2.00. The van der Waals surface area contributed by atoms with Crippen LogP contribution in [0.25, 0.3) is 0 Å². The Morgan fingerprint density at radius 3 is 0.750 bits per heavy atom. The quantitative estimate of drug-likeness (QED) is 0.422. The first-order valence-corrected chi connectivity index (χ1v) is 1.49. The molecular weight excluding hydrogens is 96.1 g/mol. The zero-order valence-electron chi connectivity index (χ0n) is 3.15. The number of hydrogen-bond acceptors (Lipinski definition) is 0. The van der Waals surface area contributed by atoms with Crippen molar-refractivity contribution in [3.63, 3.8) is 0 Å². The van der Waals surface area contributed by atoms with Crippen molar-refractivity contribution in [2.24, 2.45) is 0 Å². The van der Waals surface area contributed by atoms with Gasteiger partial charge in [-0.25, -0.2) is 0 Å². The Morgan fingerprint density at radius 2 is 0.750 bits per heavy atom. The molecular formula is C8H24. The molecule has 0 radical (unpaired) electrons. The molecule has 0 atom stereocenters. The van der Waals surface area contributed by atoms with E-state index in [2.05, 4.69) is 0 Å². The highest BCUT2D eigenvalue weighted by atomic mass is 13.4. The summed E-state index contributed by atoms with van der Waals surface area (Å²) in [5.74, 6) is 0. The molecule has 0 aliphatic heterocycles. The van der Waals surface area contributed by atoms with E-state index in [4.69, 9.17) is 0 Å². The highest BCUT2D eigenvalue weighted by Crippen LogP contribution is 1.57. The van der Waals surface area contributed by atoms with Crippen LogP contribution >= 0.6 is 0 Å². The van der Waals surface area contributed by atoms with E-state index in [0.29, 0.717) is 0 Å². The molecule has 0 heterocycles. The fraction of sp³-hybridized carbons (Fsp3) is 0.750. The van der Waals surface area contributed by atoms with Crippen LogP contribution in [0.3, 0.4) is 0 Å². The standard InChI is InChI=1S/C4H8.4CH4/c1-3-4-2;;;;/h3-4H,1-2H3;4*1H4. The molecule has 0 saturated heterocycles. The average Bonchev–Trinajstić information content (AvgIpc) is 1.37. The van der Waals surface area contributed by atoms with Crippen molar-refractivity contribution in [2.75, 3.05) is 0 Å². The highest BCUT2D eigenvalue weighted by Gasteiger charge is 1.34. The fourth-order valence-corrected chi connectivity index (χ4v) is 0. The van der Waals surface area contributed by atoms with Crippen LogP contribution in [0, 0.1) is 0 Å². The zero-order chi connectivity index (χ0) is 3.41. The summed E-state index contributed by atoms with van der Waals surface area (Å²) in [6.07, 6.45) is 4.00. The summed E-state index contributed by atoms with van der Waals surface area (Å²) in [4.78, 5) is 0. The van der Waals surface area contributed by atoms with Crippen molar-refractivity contribution < 1.29 is 0 Å². The molecule has 0 unspecified atom stereocenters. The first kappa shape index (κ1) is 46.8. The molecule has 0 aromatic heterocycles. The minimum absolute atomic E-state index is 0. The summed E-state index contributed by atoms with van der Waals surface area (Å²) in [7, 11) is 0. The zero-order valence-corrected chi connectivity index (χ0v) is 3.15. The van der Waals surface area contributed by atoms with Gasteiger partial charge in [0, 0.05) is 0 Å². The second kappa shape index (κ2) is 73.3. The van der Waals surface area contributed by atoms with E-state index in [9.17, 15) is 0 Å². The van der Waals surface area contributed by atoms with Gasteiger partial charge in [0.2, 0.25) is 0 Å². The Labute approximate surface area is 56.6 Å². The Hall–Kier alpha value is -0.260. The molecule has 0 aliphatic carbocycles. The molecule has 0 aromatic carbocycles. The summed E-state index contributed by atoms with van der Waals surface area (Å²) in [6.45, 7) is 4.00. The van der Waals surface area contributed by atoms with Crippen LogP contribution in [0.1, 0.15) is 43.6 Å². The maximum atomic E-state index is 2.00. The van der Waals surface area contributed by atoms with Crippen molar-refractivity contribution >= 4 is 0 Å². The van der Waals surface area contributed by atoms with Gasteiger partial charge in [-0.3, -0.25) is 0 Å². The van der Waals surface area contributed by atoms with Crippen molar-refractivity contribution in [3.05, 3.63) is 12.2 Å². The van der Waals surface area contributed by atoms with Gasteiger partial charge in [-0.05, 0) is 13.8 Å². The lowest BCUT2D eigenvalue weighted by molar-refractivity contribution is 1.64. The van der Waals surface area contributed by atoms with Crippen molar-refractivity contribution in [3.8, 4) is 0 Å². The van der Waals surface area contributed by atoms with Gasteiger partial charge in [-0.15, -0.1) is 0 Å². The monoisotopic (exact) mass is 120 g/mol. The van der Waals surface area contributed by atoms with Crippen molar-refractivity contribution in [2.45, 2.75) is 43.6 Å². The van der Waals surface area contributed by atoms with Crippen LogP contribution in [0.2, 0.25) is 0 Å². The molecule has 0 rings (SSSR count). The van der Waals surface area contributed by atoms with E-state index in [1.54, 1.807) is 0 Å². The first-order chi connectivity index (χ1) is 1.91. The molecule has 0 heteroatoms. The van der Waals surface area contributed by atoms with Crippen molar-refractivity contribution in [1.82, 2.24) is 0 Å². The third-order valence-electron chi connectivity index (χ3n) is 0.333. The minimum Gasteiger partial charge on any atom is -0.0919 e. The third kappa shape index (κ3) is 236. The molecule has 0 N–H and O–H groups in total. The predicted octanol–water partition coefficient (Wildman–Crippen LogP) is 4.13. The minimum atomic E-state index is 0. The molecule has 8 heavy (non-hydrogen) atoms. The van der Waals surface area contributed by atoms with E-state index < -0.39 is 0 Å². The highest BCUT2D eigenvalue weighted by molar-refractivity contribution is 4.68. The lowest BCUT2D eigenvalue weighted by Gasteiger charge is -1.49. The number of rotatable bonds is 0. The van der Waals surface area contributed by atoms with Gasteiger partial charge in [0.25, 0.3) is 0 Å². The van der Waals surface area contributed by atoms with E-state index in [-0.39, 0.29) is 29.7 Å². The smallest absolute Gasteiger partial charge is 0.0470 e. The molecule has 0 fully saturated rings. The Balaban J connectivity index is -0.00000000750. The van der Waals surface area contributed by atoms with Crippen LogP contribution in [-0.4, -0.2) is 0 Å². The van der Waals surface area contributed by atoms with E-state index in [0.717, 1.165) is 0 Å². The Morgan fingerprint density at radius 1 is 0.625 bits per heavy atom. The normalized spacial score (nSPS) is 4.75. The Bertz CT molecular complexity index is 15.2. The average molecular weight is 120 g/mol. The van der Waals surface area contributed by atoms with Crippen LogP contribution in [0.15, 0.2) is 12.2 Å². The van der Waals surface area contributed by atoms with Crippen molar-refractivity contribution in [1.29, 1.82) is 0 Å². The molecule has 0 aliphatic rings. The molecule has 0 spiro atoms. The number of allylic oxidation sites excluding steroid dienone is 2. The predicted molar refractivity (Wildman–Crippen MR) is 47.4 cm³/mol. The summed E-state index contributed by atoms with van der Waals surface area (Å²) < 4.78 is 0. The van der Waals surface area contributed by atoms with Crippen LogP contribution in [0.4, 0.5) is 0 Å². The molecule has 56 valence electrons. The summed E-state index contributed by atoms with van der Waals surface area (Å²) >= 11 is 0. The lowest BCUT2D eigenvalue weighted by Crippen LogP contribution is -1.26. The number of hydrogen-bond donors (Lipinski definition) is 0. The van der Waals surface area contributed by atoms with Gasteiger partial charge in [0.1, 0.15) is 0 Å².